The Balaban J connectivity index is 2.43. The molecule has 1 atom stereocenters. The summed E-state index contributed by atoms with van der Waals surface area (Å²) in [5, 5.41) is 8.65. The van der Waals surface area contributed by atoms with Crippen LogP contribution in [0.2, 0.25) is 0 Å². The van der Waals surface area contributed by atoms with Crippen molar-refractivity contribution in [2.75, 3.05) is 19.6 Å². The number of hydrogen-bond acceptors (Lipinski definition) is 4. The summed E-state index contributed by atoms with van der Waals surface area (Å²) in [5.74, 6) is -1.08. The molecule has 0 aromatic heterocycles. The van der Waals surface area contributed by atoms with Crippen LogP contribution in [0.5, 0.6) is 0 Å². The highest BCUT2D eigenvalue weighted by Gasteiger charge is 2.29. The lowest BCUT2D eigenvalue weighted by atomic mass is 9.97. The number of rotatable bonds is 4. The topological polar surface area (TPSA) is 66.8 Å². The smallest absolute Gasteiger partial charge is 0.310 e. The maximum atomic E-state index is 11.9. The molecule has 1 saturated heterocycles. The fourth-order valence-electron chi connectivity index (χ4n) is 2.09. The van der Waals surface area contributed by atoms with Crippen molar-refractivity contribution in [1.82, 2.24) is 4.90 Å². The maximum absolute atomic E-state index is 11.9. The van der Waals surface area contributed by atoms with E-state index in [0.717, 1.165) is 19.4 Å². The largest absolute Gasteiger partial charge is 0.481 e. The Labute approximate surface area is 108 Å². The maximum Gasteiger partial charge on any atom is 0.310 e. The summed E-state index contributed by atoms with van der Waals surface area (Å²) in [6.45, 7) is 7.56. The Hall–Kier alpha value is -1.10. The van der Waals surface area contributed by atoms with E-state index in [4.69, 9.17) is 9.84 Å². The summed E-state index contributed by atoms with van der Waals surface area (Å²) >= 11 is 0. The van der Waals surface area contributed by atoms with Gasteiger partial charge in [0.05, 0.1) is 12.3 Å². The lowest BCUT2D eigenvalue weighted by Gasteiger charge is -2.32. The Morgan fingerprint density at radius 1 is 1.39 bits per heavy atom. The third-order valence-corrected chi connectivity index (χ3v) is 2.89. The molecule has 1 heterocycles. The molecule has 0 aromatic carbocycles. The lowest BCUT2D eigenvalue weighted by molar-refractivity contribution is -0.161. The van der Waals surface area contributed by atoms with E-state index in [-0.39, 0.29) is 18.3 Å². The second-order valence-electron chi connectivity index (χ2n) is 5.82. The number of ether oxygens (including phenoxy) is 1. The summed E-state index contributed by atoms with van der Waals surface area (Å²) in [5.41, 5.74) is -0.458. The van der Waals surface area contributed by atoms with Crippen molar-refractivity contribution in [2.45, 2.75) is 45.6 Å². The molecule has 0 spiro atoms. The van der Waals surface area contributed by atoms with E-state index < -0.39 is 11.6 Å². The molecule has 0 bridgehead atoms. The average Bonchev–Trinajstić information content (AvgIpc) is 2.24. The first-order chi connectivity index (χ1) is 8.28. The van der Waals surface area contributed by atoms with Crippen LogP contribution in [0.25, 0.3) is 0 Å². The van der Waals surface area contributed by atoms with Crippen LogP contribution in [0.1, 0.15) is 40.0 Å². The third-order valence-electron chi connectivity index (χ3n) is 2.89. The molecule has 1 N–H and O–H groups in total. The fraction of sp³-hybridized carbons (Fsp3) is 0.846. The monoisotopic (exact) mass is 257 g/mol. The van der Waals surface area contributed by atoms with E-state index in [1.807, 2.05) is 25.7 Å². The van der Waals surface area contributed by atoms with Crippen LogP contribution in [0.3, 0.4) is 0 Å². The van der Waals surface area contributed by atoms with Crippen LogP contribution in [0, 0.1) is 5.92 Å². The molecule has 5 nitrogen and oxygen atoms in total. The molecule has 0 amide bonds. The molecule has 1 unspecified atom stereocenters. The number of carbonyl (C=O) groups excluding carboxylic acids is 1. The van der Waals surface area contributed by atoms with Gasteiger partial charge in [-0.1, -0.05) is 0 Å². The molecule has 1 aliphatic heterocycles. The van der Waals surface area contributed by atoms with Crippen molar-refractivity contribution in [3.05, 3.63) is 0 Å². The molecule has 18 heavy (non-hydrogen) atoms. The summed E-state index contributed by atoms with van der Waals surface area (Å²) in [6.07, 6.45) is 1.88. The predicted molar refractivity (Wildman–Crippen MR) is 67.3 cm³/mol. The number of carboxylic acid groups (broad SMARTS) is 1. The van der Waals surface area contributed by atoms with Crippen molar-refractivity contribution in [2.24, 2.45) is 5.92 Å². The van der Waals surface area contributed by atoms with E-state index in [0.29, 0.717) is 13.1 Å². The van der Waals surface area contributed by atoms with Crippen LogP contribution in [-0.4, -0.2) is 47.2 Å². The highest BCUT2D eigenvalue weighted by atomic mass is 16.6. The summed E-state index contributed by atoms with van der Waals surface area (Å²) in [4.78, 5) is 24.5. The van der Waals surface area contributed by atoms with Crippen molar-refractivity contribution in [3.63, 3.8) is 0 Å². The summed E-state index contributed by atoms with van der Waals surface area (Å²) < 4.78 is 5.37. The molecule has 1 fully saturated rings. The Kier molecular flexibility index (Phi) is 5.14. The molecular formula is C13H23NO4. The first kappa shape index (κ1) is 15.0. The van der Waals surface area contributed by atoms with Gasteiger partial charge in [-0.3, -0.25) is 9.59 Å². The number of aliphatic carboxylic acids is 1. The van der Waals surface area contributed by atoms with Gasteiger partial charge < -0.3 is 14.7 Å². The number of hydrogen-bond donors (Lipinski definition) is 1. The van der Waals surface area contributed by atoms with Gasteiger partial charge in [0, 0.05) is 13.1 Å². The van der Waals surface area contributed by atoms with Gasteiger partial charge in [0.15, 0.2) is 0 Å². The lowest BCUT2D eigenvalue weighted by Crippen LogP contribution is -2.41. The van der Waals surface area contributed by atoms with E-state index in [2.05, 4.69) is 0 Å². The second kappa shape index (κ2) is 6.18. The first-order valence-electron chi connectivity index (χ1n) is 6.45. The number of piperidine rings is 1. The standard InChI is InChI=1S/C13H23NO4/c1-13(2,3)18-12(17)10-5-4-7-14(9-10)8-6-11(15)16/h10H,4-9H2,1-3H3,(H,15,16). The minimum absolute atomic E-state index is 0.119. The second-order valence-corrected chi connectivity index (χ2v) is 5.82. The van der Waals surface area contributed by atoms with Gasteiger partial charge in [-0.2, -0.15) is 0 Å². The van der Waals surface area contributed by atoms with Crippen molar-refractivity contribution in [3.8, 4) is 0 Å². The van der Waals surface area contributed by atoms with Crippen LogP contribution < -0.4 is 0 Å². The van der Waals surface area contributed by atoms with Gasteiger partial charge in [-0.15, -0.1) is 0 Å². The van der Waals surface area contributed by atoms with Gasteiger partial charge in [-0.25, -0.2) is 0 Å². The minimum Gasteiger partial charge on any atom is -0.481 e. The molecule has 1 aliphatic rings. The first-order valence-corrected chi connectivity index (χ1v) is 6.45. The van der Waals surface area contributed by atoms with Gasteiger partial charge in [0.25, 0.3) is 0 Å². The van der Waals surface area contributed by atoms with Crippen molar-refractivity contribution in [1.29, 1.82) is 0 Å². The van der Waals surface area contributed by atoms with Crippen molar-refractivity contribution >= 4 is 11.9 Å². The average molecular weight is 257 g/mol. The molecular weight excluding hydrogens is 234 g/mol. The number of carboxylic acids is 1. The zero-order chi connectivity index (χ0) is 13.8. The van der Waals surface area contributed by atoms with Gasteiger partial charge in [0.1, 0.15) is 5.60 Å². The van der Waals surface area contributed by atoms with Gasteiger partial charge >= 0.3 is 11.9 Å². The molecule has 0 aliphatic carbocycles. The quantitative estimate of drug-likeness (QED) is 0.773. The summed E-state index contributed by atoms with van der Waals surface area (Å²) in [7, 11) is 0. The Morgan fingerprint density at radius 2 is 2.06 bits per heavy atom. The van der Waals surface area contributed by atoms with E-state index in [1.54, 1.807) is 0 Å². The number of esters is 1. The third kappa shape index (κ3) is 5.49. The van der Waals surface area contributed by atoms with Crippen LogP contribution in [0.4, 0.5) is 0 Å². The molecule has 5 heteroatoms. The van der Waals surface area contributed by atoms with Gasteiger partial charge in [-0.05, 0) is 40.2 Å². The van der Waals surface area contributed by atoms with Crippen LogP contribution in [-0.2, 0) is 14.3 Å². The van der Waals surface area contributed by atoms with E-state index in [1.165, 1.54) is 0 Å². The van der Waals surface area contributed by atoms with Gasteiger partial charge in [0.2, 0.25) is 0 Å². The zero-order valence-corrected chi connectivity index (χ0v) is 11.4. The number of likely N-dealkylation sites (tertiary alicyclic amines) is 1. The Morgan fingerprint density at radius 3 is 2.61 bits per heavy atom. The number of nitrogens with zero attached hydrogens (tertiary/aromatic N) is 1. The summed E-state index contributed by atoms with van der Waals surface area (Å²) in [6, 6.07) is 0. The molecule has 104 valence electrons. The Bertz CT molecular complexity index is 309. The van der Waals surface area contributed by atoms with E-state index >= 15 is 0 Å². The van der Waals surface area contributed by atoms with Crippen LogP contribution in [0.15, 0.2) is 0 Å². The molecule has 0 radical (unpaired) electrons. The fourth-order valence-corrected chi connectivity index (χ4v) is 2.09. The molecule has 0 aromatic rings. The highest BCUT2D eigenvalue weighted by molar-refractivity contribution is 5.73. The van der Waals surface area contributed by atoms with E-state index in [9.17, 15) is 9.59 Å². The minimum atomic E-state index is -0.797. The number of carbonyl (C=O) groups is 2. The predicted octanol–water partition coefficient (Wildman–Crippen LogP) is 1.51. The normalized spacial score (nSPS) is 21.6. The zero-order valence-electron chi connectivity index (χ0n) is 11.4. The van der Waals surface area contributed by atoms with Crippen molar-refractivity contribution < 1.29 is 19.4 Å². The SMILES string of the molecule is CC(C)(C)OC(=O)C1CCCN(CCC(=O)O)C1. The molecule has 0 saturated carbocycles. The van der Waals surface area contributed by atoms with Crippen LogP contribution >= 0.6 is 0 Å². The highest BCUT2D eigenvalue weighted by Crippen LogP contribution is 2.20. The molecule has 1 rings (SSSR count).